The van der Waals surface area contributed by atoms with Gasteiger partial charge in [-0.1, -0.05) is 0 Å². The van der Waals surface area contributed by atoms with E-state index in [-0.39, 0.29) is 6.79 Å². The second kappa shape index (κ2) is 9.63. The van der Waals surface area contributed by atoms with Crippen molar-refractivity contribution in [3.05, 3.63) is 0 Å². The summed E-state index contributed by atoms with van der Waals surface area (Å²) in [6.45, 7) is 1.10. The van der Waals surface area contributed by atoms with Crippen molar-refractivity contribution >= 4 is 18.2 Å². The van der Waals surface area contributed by atoms with E-state index in [1.807, 2.05) is 7.05 Å². The highest BCUT2D eigenvalue weighted by Gasteiger charge is 2.01. The third kappa shape index (κ3) is 9.45. The van der Waals surface area contributed by atoms with E-state index in [9.17, 15) is 4.79 Å². The van der Waals surface area contributed by atoms with Gasteiger partial charge in [-0.25, -0.2) is 4.79 Å². The van der Waals surface area contributed by atoms with Crippen LogP contribution in [-0.2, 0) is 13.7 Å². The van der Waals surface area contributed by atoms with Crippen LogP contribution in [0, 0.1) is 0 Å². The molecule has 0 heterocycles. The third-order valence-corrected chi connectivity index (χ3v) is 1.47. The predicted molar refractivity (Wildman–Crippen MR) is 50.4 cm³/mol. The van der Waals surface area contributed by atoms with Crippen molar-refractivity contribution in [1.29, 1.82) is 0 Å². The fourth-order valence-corrected chi connectivity index (χ4v) is 0.711. The van der Waals surface area contributed by atoms with Gasteiger partial charge in [-0.3, -0.25) is 4.18 Å². The normalized spacial score (nSPS) is 9.69. The highest BCUT2D eigenvalue weighted by Crippen LogP contribution is 1.95. The molecule has 0 atom stereocenters. The second-order valence-corrected chi connectivity index (χ2v) is 2.67. The molecule has 0 aromatic rings. The third-order valence-electron chi connectivity index (χ3n) is 1.13. The van der Waals surface area contributed by atoms with Gasteiger partial charge >= 0.3 is 6.16 Å². The first-order valence-electron chi connectivity index (χ1n) is 3.91. The maximum Gasteiger partial charge on any atom is 0.510 e. The Morgan fingerprint density at radius 3 is 2.85 bits per heavy atom. The standard InChI is InChI=1S/C7H15NO4S/c1-8-4-3-5-10-7(9)11-6-12-13-2/h8H,3-6H2,1-2H3. The average Bonchev–Trinajstić information content (AvgIpc) is 2.13. The molecule has 0 aliphatic carbocycles. The number of rotatable bonds is 7. The van der Waals surface area contributed by atoms with E-state index in [1.54, 1.807) is 6.26 Å². The van der Waals surface area contributed by atoms with Gasteiger partial charge in [0.25, 0.3) is 0 Å². The molecule has 0 amide bonds. The van der Waals surface area contributed by atoms with Crippen LogP contribution in [0.1, 0.15) is 6.42 Å². The zero-order chi connectivity index (χ0) is 9.94. The molecule has 0 unspecified atom stereocenters. The number of nitrogens with one attached hydrogen (secondary N) is 1. The van der Waals surface area contributed by atoms with Crippen LogP contribution in [0.15, 0.2) is 0 Å². The topological polar surface area (TPSA) is 56.8 Å². The van der Waals surface area contributed by atoms with Gasteiger partial charge in [-0.15, -0.1) is 0 Å². The molecule has 1 N–H and O–H groups in total. The van der Waals surface area contributed by atoms with Crippen molar-refractivity contribution in [3.8, 4) is 0 Å². The van der Waals surface area contributed by atoms with E-state index in [0.717, 1.165) is 25.0 Å². The van der Waals surface area contributed by atoms with Crippen molar-refractivity contribution in [2.45, 2.75) is 6.42 Å². The van der Waals surface area contributed by atoms with Crippen molar-refractivity contribution in [2.24, 2.45) is 0 Å². The minimum atomic E-state index is -0.690. The van der Waals surface area contributed by atoms with Gasteiger partial charge in [-0.05, 0) is 32.1 Å². The lowest BCUT2D eigenvalue weighted by Crippen LogP contribution is -2.14. The summed E-state index contributed by atoms with van der Waals surface area (Å²) in [6.07, 6.45) is 1.82. The maximum absolute atomic E-state index is 10.7. The highest BCUT2D eigenvalue weighted by molar-refractivity contribution is 7.93. The van der Waals surface area contributed by atoms with E-state index < -0.39 is 6.16 Å². The van der Waals surface area contributed by atoms with Gasteiger partial charge in [0.05, 0.1) is 6.61 Å². The summed E-state index contributed by atoms with van der Waals surface area (Å²) in [5.74, 6) is 0. The molecule has 0 saturated heterocycles. The van der Waals surface area contributed by atoms with Crippen LogP contribution >= 0.6 is 12.0 Å². The Kier molecular flexibility index (Phi) is 9.29. The first-order valence-corrected chi connectivity index (χ1v) is 5.06. The summed E-state index contributed by atoms with van der Waals surface area (Å²) in [7, 11) is 1.84. The van der Waals surface area contributed by atoms with Gasteiger partial charge in [0.2, 0.25) is 6.79 Å². The fourth-order valence-electron chi connectivity index (χ4n) is 0.566. The van der Waals surface area contributed by atoms with Crippen LogP contribution in [-0.4, -0.2) is 39.4 Å². The highest BCUT2D eigenvalue weighted by atomic mass is 32.2. The molecule has 78 valence electrons. The molecule has 5 nitrogen and oxygen atoms in total. The first-order chi connectivity index (χ1) is 6.31. The molecule has 6 heteroatoms. The summed E-state index contributed by atoms with van der Waals surface area (Å²) in [6, 6.07) is 0. The lowest BCUT2D eigenvalue weighted by Gasteiger charge is -2.04. The minimum absolute atomic E-state index is 0.0774. The molecule has 0 rings (SSSR count). The molecular formula is C7H15NO4S. The Hall–Kier alpha value is -0.460. The Morgan fingerprint density at radius 1 is 1.46 bits per heavy atom. The van der Waals surface area contributed by atoms with Crippen LogP contribution in [0.2, 0.25) is 0 Å². The molecular weight excluding hydrogens is 194 g/mol. The first kappa shape index (κ1) is 12.5. The SMILES string of the molecule is CNCCCOC(=O)OCOSC. The Morgan fingerprint density at radius 2 is 2.23 bits per heavy atom. The number of hydrogen-bond acceptors (Lipinski definition) is 6. The van der Waals surface area contributed by atoms with Crippen molar-refractivity contribution in [3.63, 3.8) is 0 Å². The Bertz CT molecular complexity index is 134. The van der Waals surface area contributed by atoms with E-state index in [1.165, 1.54) is 0 Å². The summed E-state index contributed by atoms with van der Waals surface area (Å²) < 4.78 is 14.0. The van der Waals surface area contributed by atoms with Crippen LogP contribution in [0.5, 0.6) is 0 Å². The molecule has 0 aromatic heterocycles. The van der Waals surface area contributed by atoms with E-state index in [4.69, 9.17) is 8.92 Å². The number of ether oxygens (including phenoxy) is 2. The second-order valence-electron chi connectivity index (χ2n) is 2.10. The monoisotopic (exact) mass is 209 g/mol. The summed E-state index contributed by atoms with van der Waals surface area (Å²) in [5, 5.41) is 2.93. The van der Waals surface area contributed by atoms with Crippen LogP contribution in [0.3, 0.4) is 0 Å². The van der Waals surface area contributed by atoms with Crippen molar-refractivity contribution in [2.75, 3.05) is 33.2 Å². The Labute approximate surface area is 82.3 Å². The summed E-state index contributed by atoms with van der Waals surface area (Å²) >= 11 is 1.13. The molecule has 0 aromatic carbocycles. The molecule has 0 radical (unpaired) electrons. The smallest absolute Gasteiger partial charge is 0.434 e. The lowest BCUT2D eigenvalue weighted by molar-refractivity contribution is 0.0116. The quantitative estimate of drug-likeness (QED) is 0.292. The number of carbonyl (C=O) groups excluding carboxylic acids is 1. The van der Waals surface area contributed by atoms with E-state index in [0.29, 0.717) is 6.61 Å². The van der Waals surface area contributed by atoms with Gasteiger partial charge in [0, 0.05) is 6.26 Å². The van der Waals surface area contributed by atoms with Gasteiger partial charge in [0.15, 0.2) is 0 Å². The Balaban J connectivity index is 3.11. The van der Waals surface area contributed by atoms with Crippen LogP contribution < -0.4 is 5.32 Å². The summed E-state index contributed by atoms with van der Waals surface area (Å²) in [4.78, 5) is 10.7. The average molecular weight is 209 g/mol. The maximum atomic E-state index is 10.7. The molecule has 0 spiro atoms. The molecule has 0 aliphatic rings. The molecule has 0 saturated carbocycles. The predicted octanol–water partition coefficient (Wildman–Crippen LogP) is 1.00. The molecule has 0 aliphatic heterocycles. The van der Waals surface area contributed by atoms with Crippen molar-refractivity contribution < 1.29 is 18.5 Å². The zero-order valence-electron chi connectivity index (χ0n) is 7.87. The number of hydrogen-bond donors (Lipinski definition) is 1. The molecule has 0 bridgehead atoms. The number of carbonyl (C=O) groups is 1. The lowest BCUT2D eigenvalue weighted by atomic mass is 10.5. The van der Waals surface area contributed by atoms with Crippen LogP contribution in [0.4, 0.5) is 4.79 Å². The van der Waals surface area contributed by atoms with Gasteiger partial charge in [-0.2, -0.15) is 0 Å². The van der Waals surface area contributed by atoms with Crippen molar-refractivity contribution in [1.82, 2.24) is 5.32 Å². The van der Waals surface area contributed by atoms with E-state index in [2.05, 4.69) is 10.1 Å². The van der Waals surface area contributed by atoms with Crippen LogP contribution in [0.25, 0.3) is 0 Å². The van der Waals surface area contributed by atoms with E-state index >= 15 is 0 Å². The molecule has 13 heavy (non-hydrogen) atoms. The fraction of sp³-hybridized carbons (Fsp3) is 0.857. The minimum Gasteiger partial charge on any atom is -0.434 e. The largest absolute Gasteiger partial charge is 0.510 e. The zero-order valence-corrected chi connectivity index (χ0v) is 8.69. The van der Waals surface area contributed by atoms with Gasteiger partial charge < -0.3 is 14.8 Å². The molecule has 0 fully saturated rings. The van der Waals surface area contributed by atoms with Gasteiger partial charge in [0.1, 0.15) is 0 Å². The summed E-state index contributed by atoms with van der Waals surface area (Å²) in [5.41, 5.74) is 0.